The summed E-state index contributed by atoms with van der Waals surface area (Å²) in [6.45, 7) is 4.68. The first-order valence-electron chi connectivity index (χ1n) is 13.8. The first-order chi connectivity index (χ1) is 18.6. The van der Waals surface area contributed by atoms with E-state index in [1.54, 1.807) is 0 Å². The van der Waals surface area contributed by atoms with Gasteiger partial charge in [0.15, 0.2) is 0 Å². The number of ether oxygens (including phenoxy) is 2. The molecule has 4 rings (SSSR count). The smallest absolute Gasteiger partial charge is 0.326 e. The number of carboxylic acids is 1. The highest BCUT2D eigenvalue weighted by atomic mass is 16.5. The third-order valence-corrected chi connectivity index (χ3v) is 7.08. The Morgan fingerprint density at radius 2 is 1.97 bits per heavy atom. The molecule has 206 valence electrons. The number of rotatable bonds is 16. The number of para-hydroxylation sites is 1. The van der Waals surface area contributed by atoms with E-state index in [1.165, 1.54) is 5.56 Å². The van der Waals surface area contributed by atoms with E-state index < -0.39 is 12.0 Å². The number of hydrogen-bond donors (Lipinski definition) is 3. The van der Waals surface area contributed by atoms with Crippen molar-refractivity contribution in [3.05, 3.63) is 53.7 Å². The average molecular weight is 525 g/mol. The van der Waals surface area contributed by atoms with Crippen LogP contribution in [0.4, 0.5) is 5.82 Å². The number of aliphatic carboxylic acids is 1. The number of anilines is 1. The van der Waals surface area contributed by atoms with E-state index in [-0.39, 0.29) is 11.8 Å². The molecule has 2 aliphatic rings. The molecule has 9 nitrogen and oxygen atoms in total. The van der Waals surface area contributed by atoms with Crippen LogP contribution in [-0.2, 0) is 27.2 Å². The predicted molar refractivity (Wildman–Crippen MR) is 145 cm³/mol. The fourth-order valence-corrected chi connectivity index (χ4v) is 4.78. The molecule has 2 aliphatic heterocycles. The van der Waals surface area contributed by atoms with Gasteiger partial charge in [-0.1, -0.05) is 24.3 Å². The van der Waals surface area contributed by atoms with E-state index in [4.69, 9.17) is 14.5 Å². The Bertz CT molecular complexity index is 1030. The van der Waals surface area contributed by atoms with Crippen molar-refractivity contribution in [2.45, 2.75) is 51.0 Å². The zero-order valence-electron chi connectivity index (χ0n) is 22.1. The van der Waals surface area contributed by atoms with Gasteiger partial charge in [0, 0.05) is 37.7 Å². The van der Waals surface area contributed by atoms with Gasteiger partial charge in [0.05, 0.1) is 13.2 Å². The van der Waals surface area contributed by atoms with E-state index in [2.05, 4.69) is 27.7 Å². The van der Waals surface area contributed by atoms with Crippen molar-refractivity contribution in [1.82, 2.24) is 15.2 Å². The monoisotopic (exact) mass is 524 g/mol. The number of carbonyl (C=O) groups is 2. The summed E-state index contributed by atoms with van der Waals surface area (Å²) in [5, 5.41) is 15.8. The topological polar surface area (TPSA) is 113 Å². The van der Waals surface area contributed by atoms with Crippen LogP contribution in [-0.4, -0.2) is 78.9 Å². The molecule has 0 spiro atoms. The summed E-state index contributed by atoms with van der Waals surface area (Å²) in [4.78, 5) is 31.2. The molecular formula is C29H40N4O5. The lowest BCUT2D eigenvalue weighted by molar-refractivity contribution is -0.143. The predicted octanol–water partition coefficient (Wildman–Crippen LogP) is 3.14. The number of hydrogen-bond acceptors (Lipinski definition) is 7. The second-order valence-electron chi connectivity index (χ2n) is 10.2. The van der Waals surface area contributed by atoms with Crippen molar-refractivity contribution in [2.75, 3.05) is 51.3 Å². The van der Waals surface area contributed by atoms with Crippen molar-refractivity contribution < 1.29 is 24.2 Å². The van der Waals surface area contributed by atoms with Gasteiger partial charge in [0.1, 0.15) is 24.2 Å². The molecule has 9 heteroatoms. The molecule has 0 bridgehead atoms. The van der Waals surface area contributed by atoms with Crippen LogP contribution in [0, 0.1) is 5.92 Å². The number of pyridine rings is 1. The lowest BCUT2D eigenvalue weighted by Gasteiger charge is -2.27. The van der Waals surface area contributed by atoms with Crippen molar-refractivity contribution in [3.63, 3.8) is 0 Å². The molecule has 1 unspecified atom stereocenters. The zero-order chi connectivity index (χ0) is 26.6. The van der Waals surface area contributed by atoms with E-state index in [0.717, 1.165) is 62.5 Å². The van der Waals surface area contributed by atoms with Gasteiger partial charge in [-0.2, -0.15) is 0 Å². The molecule has 3 N–H and O–H groups in total. The fourth-order valence-electron chi connectivity index (χ4n) is 4.78. The number of aromatic nitrogens is 1. The van der Waals surface area contributed by atoms with Crippen LogP contribution in [0.1, 0.15) is 43.4 Å². The number of amides is 1. The molecule has 3 heterocycles. The molecule has 2 aromatic rings. The molecule has 1 atom stereocenters. The summed E-state index contributed by atoms with van der Waals surface area (Å²) in [5.41, 5.74) is 2.40. The summed E-state index contributed by atoms with van der Waals surface area (Å²) < 4.78 is 11.0. The fraction of sp³-hybridized carbons (Fsp3) is 0.552. The summed E-state index contributed by atoms with van der Waals surface area (Å²) >= 11 is 0. The molecule has 0 radical (unpaired) electrons. The second kappa shape index (κ2) is 14.7. The normalized spacial score (nSPS) is 15.7. The minimum atomic E-state index is -1.00. The van der Waals surface area contributed by atoms with Crippen LogP contribution in [0.15, 0.2) is 42.5 Å². The van der Waals surface area contributed by atoms with E-state index in [9.17, 15) is 14.7 Å². The largest absolute Gasteiger partial charge is 0.492 e. The maximum absolute atomic E-state index is 12.3. The second-order valence-corrected chi connectivity index (χ2v) is 10.2. The van der Waals surface area contributed by atoms with Gasteiger partial charge in [-0.15, -0.1) is 0 Å². The van der Waals surface area contributed by atoms with Gasteiger partial charge in [-0.3, -0.25) is 9.69 Å². The van der Waals surface area contributed by atoms with E-state index >= 15 is 0 Å². The van der Waals surface area contributed by atoms with Gasteiger partial charge < -0.3 is 25.2 Å². The van der Waals surface area contributed by atoms with Gasteiger partial charge >= 0.3 is 5.97 Å². The molecule has 0 aliphatic carbocycles. The lowest BCUT2D eigenvalue weighted by atomic mass is 10.0. The number of nitrogens with zero attached hydrogens (tertiary/aromatic N) is 2. The van der Waals surface area contributed by atoms with E-state index in [1.807, 2.05) is 30.3 Å². The van der Waals surface area contributed by atoms with Crippen LogP contribution < -0.4 is 15.4 Å². The van der Waals surface area contributed by atoms with Crippen LogP contribution in [0.25, 0.3) is 0 Å². The summed E-state index contributed by atoms with van der Waals surface area (Å²) in [5.74, 6) is 0.805. The summed E-state index contributed by atoms with van der Waals surface area (Å²) in [7, 11) is 0. The molecule has 38 heavy (non-hydrogen) atoms. The third kappa shape index (κ3) is 8.99. The Labute approximate surface area is 224 Å². The molecule has 1 aromatic carbocycles. The average Bonchev–Trinajstić information content (AvgIpc) is 2.91. The van der Waals surface area contributed by atoms with Gasteiger partial charge in [0.25, 0.3) is 0 Å². The zero-order valence-corrected chi connectivity index (χ0v) is 22.1. The summed E-state index contributed by atoms with van der Waals surface area (Å²) in [6, 6.07) is 13.1. The quantitative estimate of drug-likeness (QED) is 0.287. The lowest BCUT2D eigenvalue weighted by Crippen LogP contribution is -2.45. The number of benzene rings is 1. The number of fused-ring (bicyclic) bond motifs is 1. The summed E-state index contributed by atoms with van der Waals surface area (Å²) in [6.07, 6.45) is 5.74. The maximum Gasteiger partial charge on any atom is 0.326 e. The third-order valence-electron chi connectivity index (χ3n) is 7.08. The number of nitrogens with one attached hydrogen (secondary N) is 2. The molecule has 1 aromatic heterocycles. The Morgan fingerprint density at radius 1 is 1.13 bits per heavy atom. The van der Waals surface area contributed by atoms with Crippen LogP contribution in [0.5, 0.6) is 5.75 Å². The highest BCUT2D eigenvalue weighted by molar-refractivity contribution is 5.83. The van der Waals surface area contributed by atoms with Crippen molar-refractivity contribution in [2.24, 2.45) is 5.92 Å². The minimum absolute atomic E-state index is 0.191. The van der Waals surface area contributed by atoms with Crippen molar-refractivity contribution >= 4 is 17.7 Å². The highest BCUT2D eigenvalue weighted by Crippen LogP contribution is 2.20. The first-order valence-corrected chi connectivity index (χ1v) is 13.8. The SMILES string of the molecule is O=C(CC1COC1)NC(CCN(CCCCc1ccc2c(n1)NCCC2)CCOc1ccccc1)C(=O)O. The number of unbranched alkanes of at least 4 members (excludes halogenated alkanes) is 1. The Kier molecular flexibility index (Phi) is 10.8. The Morgan fingerprint density at radius 3 is 2.74 bits per heavy atom. The minimum Gasteiger partial charge on any atom is -0.492 e. The van der Waals surface area contributed by atoms with Crippen LogP contribution in [0.2, 0.25) is 0 Å². The van der Waals surface area contributed by atoms with Crippen LogP contribution >= 0.6 is 0 Å². The standard InChI is InChI=1S/C29H40N4O5/c34-27(19-22-20-37-21-22)32-26(29(35)36)13-16-33(17-18-38-25-9-2-1-3-10-25)15-5-4-8-24-12-11-23-7-6-14-30-28(23)31-24/h1-3,9-12,22,26H,4-8,13-21H2,(H,30,31)(H,32,34)(H,35,36). The maximum atomic E-state index is 12.3. The molecule has 1 saturated heterocycles. The molecule has 1 amide bonds. The van der Waals surface area contributed by atoms with Gasteiger partial charge in [0.2, 0.25) is 5.91 Å². The molecule has 0 saturated carbocycles. The number of aryl methyl sites for hydroxylation is 2. The van der Waals surface area contributed by atoms with Gasteiger partial charge in [-0.05, 0) is 68.8 Å². The van der Waals surface area contributed by atoms with Crippen LogP contribution in [0.3, 0.4) is 0 Å². The van der Waals surface area contributed by atoms with Crippen molar-refractivity contribution in [3.8, 4) is 5.75 Å². The Balaban J connectivity index is 1.25. The van der Waals surface area contributed by atoms with E-state index in [0.29, 0.717) is 45.8 Å². The number of carboxylic acid groups (broad SMARTS) is 1. The van der Waals surface area contributed by atoms with Crippen molar-refractivity contribution in [1.29, 1.82) is 0 Å². The highest BCUT2D eigenvalue weighted by Gasteiger charge is 2.26. The molecular weight excluding hydrogens is 484 g/mol. The van der Waals surface area contributed by atoms with Gasteiger partial charge in [-0.25, -0.2) is 9.78 Å². The molecule has 1 fully saturated rings. The first kappa shape index (κ1) is 27.9. The number of carbonyl (C=O) groups excluding carboxylic acids is 1. The Hall–Kier alpha value is -3.17.